The van der Waals surface area contributed by atoms with E-state index in [4.69, 9.17) is 5.73 Å². The first kappa shape index (κ1) is 20.4. The standard InChI is InChI=1S/C9H22N2O4S2.ClH/c1-8(2)6-9(7-10)11-17(14,15)5-4-16(3,12)13;/h8-9,11H,4-7,10H2,1-3H3;1H. The van der Waals surface area contributed by atoms with E-state index in [-0.39, 0.29) is 30.7 Å². The van der Waals surface area contributed by atoms with Gasteiger partial charge in [0.15, 0.2) is 0 Å². The van der Waals surface area contributed by atoms with Gasteiger partial charge in [0.1, 0.15) is 9.84 Å². The summed E-state index contributed by atoms with van der Waals surface area (Å²) in [7, 11) is -6.85. The van der Waals surface area contributed by atoms with Crippen molar-refractivity contribution >= 4 is 32.3 Å². The lowest BCUT2D eigenvalue weighted by Crippen LogP contribution is -2.42. The van der Waals surface area contributed by atoms with Crippen LogP contribution in [-0.4, -0.2) is 47.2 Å². The molecule has 0 saturated carbocycles. The van der Waals surface area contributed by atoms with Crippen LogP contribution >= 0.6 is 12.4 Å². The summed E-state index contributed by atoms with van der Waals surface area (Å²) in [6.07, 6.45) is 1.64. The van der Waals surface area contributed by atoms with Crippen LogP contribution in [0.15, 0.2) is 0 Å². The van der Waals surface area contributed by atoms with E-state index in [1.807, 2.05) is 13.8 Å². The van der Waals surface area contributed by atoms with E-state index >= 15 is 0 Å². The molecule has 1 atom stereocenters. The van der Waals surface area contributed by atoms with Gasteiger partial charge in [-0.25, -0.2) is 21.6 Å². The molecule has 112 valence electrons. The van der Waals surface area contributed by atoms with Gasteiger partial charge in [0, 0.05) is 18.8 Å². The Morgan fingerprint density at radius 2 is 1.61 bits per heavy atom. The van der Waals surface area contributed by atoms with Crippen molar-refractivity contribution in [1.82, 2.24) is 4.72 Å². The zero-order valence-electron chi connectivity index (χ0n) is 10.9. The van der Waals surface area contributed by atoms with Gasteiger partial charge >= 0.3 is 0 Å². The van der Waals surface area contributed by atoms with Crippen molar-refractivity contribution in [3.05, 3.63) is 0 Å². The van der Waals surface area contributed by atoms with Crippen molar-refractivity contribution in [3.63, 3.8) is 0 Å². The lowest BCUT2D eigenvalue weighted by Gasteiger charge is -2.18. The summed E-state index contributed by atoms with van der Waals surface area (Å²) in [6.45, 7) is 4.14. The summed E-state index contributed by atoms with van der Waals surface area (Å²) in [5.74, 6) is -0.469. The van der Waals surface area contributed by atoms with Gasteiger partial charge in [-0.05, 0) is 12.3 Å². The minimum Gasteiger partial charge on any atom is -0.329 e. The van der Waals surface area contributed by atoms with Crippen LogP contribution in [0.1, 0.15) is 20.3 Å². The Bertz CT molecular complexity index is 420. The SMILES string of the molecule is CC(C)CC(CN)NS(=O)(=O)CCS(C)(=O)=O.Cl. The molecule has 0 spiro atoms. The van der Waals surface area contributed by atoms with Crippen LogP contribution in [-0.2, 0) is 19.9 Å². The van der Waals surface area contributed by atoms with Crippen LogP contribution in [0.5, 0.6) is 0 Å². The number of sulfone groups is 1. The van der Waals surface area contributed by atoms with Gasteiger partial charge in [-0.15, -0.1) is 12.4 Å². The van der Waals surface area contributed by atoms with Gasteiger partial charge < -0.3 is 5.73 Å². The highest BCUT2D eigenvalue weighted by atomic mass is 35.5. The van der Waals surface area contributed by atoms with E-state index < -0.39 is 25.6 Å². The Morgan fingerprint density at radius 3 is 1.94 bits per heavy atom. The van der Waals surface area contributed by atoms with E-state index in [0.717, 1.165) is 6.26 Å². The third-order valence-electron chi connectivity index (χ3n) is 2.11. The first-order valence-corrected chi connectivity index (χ1v) is 9.15. The number of rotatable bonds is 8. The molecular formula is C9H23ClN2O4S2. The van der Waals surface area contributed by atoms with Crippen molar-refractivity contribution in [1.29, 1.82) is 0 Å². The lowest BCUT2D eigenvalue weighted by atomic mass is 10.1. The molecule has 0 aromatic rings. The molecule has 0 rings (SSSR count). The molecule has 0 bridgehead atoms. The second kappa shape index (κ2) is 8.31. The Labute approximate surface area is 116 Å². The highest BCUT2D eigenvalue weighted by Crippen LogP contribution is 2.05. The summed E-state index contributed by atoms with van der Waals surface area (Å²) in [4.78, 5) is 0. The van der Waals surface area contributed by atoms with Gasteiger partial charge in [0.25, 0.3) is 0 Å². The average molecular weight is 323 g/mol. The summed E-state index contributed by atoms with van der Waals surface area (Å²) in [5, 5.41) is 0. The van der Waals surface area contributed by atoms with Gasteiger partial charge in [0.05, 0.1) is 11.5 Å². The Hall–Kier alpha value is 0.110. The quantitative estimate of drug-likeness (QED) is 0.640. The molecule has 0 heterocycles. The highest BCUT2D eigenvalue weighted by Gasteiger charge is 2.19. The van der Waals surface area contributed by atoms with Crippen LogP contribution in [0.4, 0.5) is 0 Å². The van der Waals surface area contributed by atoms with E-state index in [9.17, 15) is 16.8 Å². The van der Waals surface area contributed by atoms with Gasteiger partial charge in [-0.1, -0.05) is 13.8 Å². The number of nitrogens with two attached hydrogens (primary N) is 1. The average Bonchev–Trinajstić information content (AvgIpc) is 2.12. The third kappa shape index (κ3) is 11.2. The predicted molar refractivity (Wildman–Crippen MR) is 76.2 cm³/mol. The Morgan fingerprint density at radius 1 is 1.11 bits per heavy atom. The lowest BCUT2D eigenvalue weighted by molar-refractivity contribution is 0.465. The van der Waals surface area contributed by atoms with Gasteiger partial charge in [-0.2, -0.15) is 0 Å². The van der Waals surface area contributed by atoms with Crippen LogP contribution in [0.3, 0.4) is 0 Å². The van der Waals surface area contributed by atoms with Crippen molar-refractivity contribution in [2.24, 2.45) is 11.7 Å². The maximum absolute atomic E-state index is 11.6. The van der Waals surface area contributed by atoms with Crippen molar-refractivity contribution in [3.8, 4) is 0 Å². The Kier molecular flexibility index (Phi) is 9.44. The first-order chi connectivity index (χ1) is 7.56. The maximum atomic E-state index is 11.6. The fourth-order valence-electron chi connectivity index (χ4n) is 1.34. The largest absolute Gasteiger partial charge is 0.329 e. The zero-order valence-corrected chi connectivity index (χ0v) is 13.4. The van der Waals surface area contributed by atoms with Gasteiger partial charge in [-0.3, -0.25) is 0 Å². The fourth-order valence-corrected chi connectivity index (χ4v) is 4.24. The molecular weight excluding hydrogens is 300 g/mol. The molecule has 0 aliphatic carbocycles. The van der Waals surface area contributed by atoms with Crippen molar-refractivity contribution in [2.75, 3.05) is 24.3 Å². The molecule has 18 heavy (non-hydrogen) atoms. The van der Waals surface area contributed by atoms with E-state index in [0.29, 0.717) is 12.3 Å². The van der Waals surface area contributed by atoms with Crippen molar-refractivity contribution < 1.29 is 16.8 Å². The van der Waals surface area contributed by atoms with E-state index in [1.165, 1.54) is 0 Å². The smallest absolute Gasteiger partial charge is 0.212 e. The number of nitrogens with one attached hydrogen (secondary N) is 1. The van der Waals surface area contributed by atoms with Crippen LogP contribution in [0.2, 0.25) is 0 Å². The molecule has 9 heteroatoms. The molecule has 6 nitrogen and oxygen atoms in total. The van der Waals surface area contributed by atoms with E-state index in [1.54, 1.807) is 0 Å². The Balaban J connectivity index is 0. The number of sulfonamides is 1. The maximum Gasteiger partial charge on any atom is 0.212 e. The molecule has 0 aromatic carbocycles. The molecule has 0 saturated heterocycles. The number of hydrogen-bond acceptors (Lipinski definition) is 5. The minimum absolute atomic E-state index is 0. The third-order valence-corrected chi connectivity index (χ3v) is 4.75. The number of halogens is 1. The summed E-state index contributed by atoms with van der Waals surface area (Å²) < 4.78 is 47.4. The molecule has 3 N–H and O–H groups in total. The monoisotopic (exact) mass is 322 g/mol. The molecule has 0 amide bonds. The van der Waals surface area contributed by atoms with Gasteiger partial charge in [0.2, 0.25) is 10.0 Å². The highest BCUT2D eigenvalue weighted by molar-refractivity contribution is 7.93. The second-order valence-corrected chi connectivity index (χ2v) is 8.76. The molecule has 0 radical (unpaired) electrons. The minimum atomic E-state index is -3.58. The topological polar surface area (TPSA) is 106 Å². The molecule has 0 fully saturated rings. The number of hydrogen-bond donors (Lipinski definition) is 2. The van der Waals surface area contributed by atoms with Crippen LogP contribution in [0.25, 0.3) is 0 Å². The van der Waals surface area contributed by atoms with Crippen LogP contribution < -0.4 is 10.5 Å². The van der Waals surface area contributed by atoms with Crippen molar-refractivity contribution in [2.45, 2.75) is 26.3 Å². The molecule has 0 aromatic heterocycles. The fraction of sp³-hybridized carbons (Fsp3) is 1.00. The van der Waals surface area contributed by atoms with Crippen LogP contribution in [0, 0.1) is 5.92 Å². The molecule has 0 aliphatic heterocycles. The second-order valence-electron chi connectivity index (χ2n) is 4.63. The normalized spacial score (nSPS) is 14.3. The molecule has 0 aliphatic rings. The first-order valence-electron chi connectivity index (χ1n) is 5.43. The van der Waals surface area contributed by atoms with E-state index in [2.05, 4.69) is 4.72 Å². The molecule has 1 unspecified atom stereocenters. The summed E-state index contributed by atoms with van der Waals surface area (Å²) >= 11 is 0. The summed E-state index contributed by atoms with van der Waals surface area (Å²) in [6, 6.07) is -0.334. The zero-order chi connectivity index (χ0) is 13.7. The predicted octanol–water partition coefficient (Wildman–Crippen LogP) is -0.254. The summed E-state index contributed by atoms with van der Waals surface area (Å²) in [5.41, 5.74) is 5.46.